The van der Waals surface area contributed by atoms with Crippen molar-refractivity contribution in [1.82, 2.24) is 10.3 Å². The maximum atomic E-state index is 13.3. The minimum absolute atomic E-state index is 0.0169. The fraction of sp³-hybridized carbons (Fsp3) is 0.714. The van der Waals surface area contributed by atoms with Gasteiger partial charge in [0, 0.05) is 19.2 Å². The Bertz CT molecular complexity index is 933. The first-order valence-electron chi connectivity index (χ1n) is 13.8. The quantitative estimate of drug-likeness (QED) is 0.326. The summed E-state index contributed by atoms with van der Waals surface area (Å²) >= 11 is 0. The van der Waals surface area contributed by atoms with Gasteiger partial charge in [0.05, 0.1) is 19.3 Å². The van der Waals surface area contributed by atoms with Crippen LogP contribution in [0.5, 0.6) is 11.5 Å². The van der Waals surface area contributed by atoms with Crippen LogP contribution in [0.4, 0.5) is 0 Å². The van der Waals surface area contributed by atoms with Gasteiger partial charge < -0.3 is 29.0 Å². The molecule has 38 heavy (non-hydrogen) atoms. The van der Waals surface area contributed by atoms with Gasteiger partial charge in [0.25, 0.3) is 5.91 Å². The number of nitrogens with zero attached hydrogens (tertiary/aromatic N) is 1. The number of esters is 2. The Hall–Kier alpha value is -2.88. The van der Waals surface area contributed by atoms with E-state index in [1.165, 1.54) is 39.1 Å². The molecule has 10 heteroatoms. The standard InChI is InChI=1S/C28H42N2O8/c1-5-6-10-20-11-9-14-22(28(33)37-18(2)25(20)38-21-12-7-8-13-21)30-27(32)24-26(36-17-35-19(3)31)23(34-4)15-16-29-24/h15-16,18,20-22,25H,5-14,17H2,1-4H3,(H,30,32). The molecular weight excluding hydrogens is 492 g/mol. The van der Waals surface area contributed by atoms with Crippen LogP contribution < -0.4 is 14.8 Å². The summed E-state index contributed by atoms with van der Waals surface area (Å²) in [6.07, 6.45) is 10.7. The number of amides is 1. The van der Waals surface area contributed by atoms with E-state index in [2.05, 4.69) is 17.2 Å². The monoisotopic (exact) mass is 534 g/mol. The molecule has 212 valence electrons. The Labute approximate surface area is 225 Å². The second kappa shape index (κ2) is 14.9. The van der Waals surface area contributed by atoms with Crippen LogP contribution in [0, 0.1) is 5.92 Å². The van der Waals surface area contributed by atoms with Crippen LogP contribution in [0.1, 0.15) is 95.5 Å². The van der Waals surface area contributed by atoms with Crippen molar-refractivity contribution >= 4 is 17.8 Å². The highest BCUT2D eigenvalue weighted by atomic mass is 16.7. The summed E-state index contributed by atoms with van der Waals surface area (Å²) in [6.45, 7) is 4.90. The predicted octanol–water partition coefficient (Wildman–Crippen LogP) is 4.34. The van der Waals surface area contributed by atoms with E-state index >= 15 is 0 Å². The van der Waals surface area contributed by atoms with Crippen molar-refractivity contribution in [3.05, 3.63) is 18.0 Å². The molecule has 1 saturated heterocycles. The summed E-state index contributed by atoms with van der Waals surface area (Å²) in [5.41, 5.74) is -0.0829. The molecule has 0 bridgehead atoms. The molecule has 4 atom stereocenters. The van der Waals surface area contributed by atoms with Gasteiger partial charge in [-0.05, 0) is 44.9 Å². The van der Waals surface area contributed by atoms with Gasteiger partial charge in [0.2, 0.25) is 6.79 Å². The number of carbonyl (C=O) groups excluding carboxylic acids is 3. The third-order valence-corrected chi connectivity index (χ3v) is 7.24. The maximum absolute atomic E-state index is 13.3. The molecule has 2 heterocycles. The van der Waals surface area contributed by atoms with Crippen molar-refractivity contribution in [2.45, 2.75) is 109 Å². The first-order valence-corrected chi connectivity index (χ1v) is 13.8. The van der Waals surface area contributed by atoms with Gasteiger partial charge in [-0.3, -0.25) is 9.59 Å². The molecule has 2 fully saturated rings. The molecule has 1 N–H and O–H groups in total. The summed E-state index contributed by atoms with van der Waals surface area (Å²) < 4.78 is 28.1. The largest absolute Gasteiger partial charge is 0.493 e. The first-order chi connectivity index (χ1) is 18.3. The Balaban J connectivity index is 1.74. The lowest BCUT2D eigenvalue weighted by molar-refractivity contribution is -0.165. The van der Waals surface area contributed by atoms with Crippen molar-refractivity contribution in [3.8, 4) is 11.5 Å². The van der Waals surface area contributed by atoms with Crippen LogP contribution in [0.15, 0.2) is 12.3 Å². The minimum Gasteiger partial charge on any atom is -0.493 e. The second-order valence-corrected chi connectivity index (χ2v) is 10.1. The van der Waals surface area contributed by atoms with Gasteiger partial charge in [0.15, 0.2) is 17.2 Å². The number of hydrogen-bond acceptors (Lipinski definition) is 9. The number of rotatable bonds is 11. The van der Waals surface area contributed by atoms with Crippen LogP contribution in [-0.4, -0.2) is 61.1 Å². The zero-order chi connectivity index (χ0) is 27.5. The molecule has 1 aromatic rings. The number of carbonyl (C=O) groups is 3. The van der Waals surface area contributed by atoms with E-state index in [1.54, 1.807) is 0 Å². The Morgan fingerprint density at radius 3 is 2.61 bits per heavy atom. The van der Waals surface area contributed by atoms with Crippen molar-refractivity contribution in [2.75, 3.05) is 13.9 Å². The van der Waals surface area contributed by atoms with E-state index in [9.17, 15) is 14.4 Å². The molecule has 1 amide bonds. The molecule has 1 aliphatic heterocycles. The highest BCUT2D eigenvalue weighted by molar-refractivity contribution is 5.98. The number of nitrogens with one attached hydrogen (secondary N) is 1. The van der Waals surface area contributed by atoms with E-state index in [-0.39, 0.29) is 35.3 Å². The van der Waals surface area contributed by atoms with Gasteiger partial charge in [-0.25, -0.2) is 9.78 Å². The van der Waals surface area contributed by atoms with Crippen molar-refractivity contribution in [1.29, 1.82) is 0 Å². The fourth-order valence-electron chi connectivity index (χ4n) is 5.25. The fourth-order valence-corrected chi connectivity index (χ4v) is 5.25. The van der Waals surface area contributed by atoms with Crippen LogP contribution >= 0.6 is 0 Å². The third kappa shape index (κ3) is 8.31. The molecule has 0 spiro atoms. The Kier molecular flexibility index (Phi) is 11.6. The van der Waals surface area contributed by atoms with Crippen molar-refractivity contribution < 1.29 is 38.1 Å². The lowest BCUT2D eigenvalue weighted by Crippen LogP contribution is -2.45. The summed E-state index contributed by atoms with van der Waals surface area (Å²) in [5.74, 6) is -1.09. The van der Waals surface area contributed by atoms with Gasteiger partial charge in [-0.1, -0.05) is 39.0 Å². The highest BCUT2D eigenvalue weighted by Gasteiger charge is 2.37. The van der Waals surface area contributed by atoms with Crippen LogP contribution in [0.3, 0.4) is 0 Å². The van der Waals surface area contributed by atoms with Crippen LogP contribution in [0.25, 0.3) is 0 Å². The van der Waals surface area contributed by atoms with Gasteiger partial charge in [0.1, 0.15) is 12.1 Å². The number of pyridine rings is 1. The van der Waals surface area contributed by atoms with Crippen molar-refractivity contribution in [2.24, 2.45) is 5.92 Å². The third-order valence-electron chi connectivity index (χ3n) is 7.24. The minimum atomic E-state index is -0.851. The number of cyclic esters (lactones) is 1. The maximum Gasteiger partial charge on any atom is 0.329 e. The number of unbranched alkanes of at least 4 members (excludes halogenated alkanes) is 1. The highest BCUT2D eigenvalue weighted by Crippen LogP contribution is 2.33. The zero-order valence-electron chi connectivity index (χ0n) is 23.0. The van der Waals surface area contributed by atoms with E-state index in [0.717, 1.165) is 44.9 Å². The van der Waals surface area contributed by atoms with E-state index in [1.807, 2.05) is 6.92 Å². The average molecular weight is 535 g/mol. The lowest BCUT2D eigenvalue weighted by atomic mass is 9.88. The van der Waals surface area contributed by atoms with Crippen LogP contribution in [-0.2, 0) is 23.8 Å². The number of ether oxygens (including phenoxy) is 5. The molecule has 1 aromatic heterocycles. The normalized spacial score (nSPS) is 24.5. The van der Waals surface area contributed by atoms with Gasteiger partial charge >= 0.3 is 11.9 Å². The molecule has 1 aliphatic carbocycles. The zero-order valence-corrected chi connectivity index (χ0v) is 23.0. The molecule has 0 radical (unpaired) electrons. The second-order valence-electron chi connectivity index (χ2n) is 10.1. The Morgan fingerprint density at radius 2 is 1.92 bits per heavy atom. The average Bonchev–Trinajstić information content (AvgIpc) is 3.42. The van der Waals surface area contributed by atoms with E-state index in [0.29, 0.717) is 6.42 Å². The summed E-state index contributed by atoms with van der Waals surface area (Å²) in [6, 6.07) is 0.674. The lowest BCUT2D eigenvalue weighted by Gasteiger charge is -2.33. The topological polar surface area (TPSA) is 122 Å². The number of hydrogen-bond donors (Lipinski definition) is 1. The predicted molar refractivity (Wildman–Crippen MR) is 139 cm³/mol. The van der Waals surface area contributed by atoms with Crippen molar-refractivity contribution in [3.63, 3.8) is 0 Å². The SMILES string of the molecule is CCCCC1CCCC(NC(=O)c2nccc(OC)c2OCOC(C)=O)C(=O)OC(C)C1OC1CCCC1. The van der Waals surface area contributed by atoms with Gasteiger partial charge in [-0.2, -0.15) is 0 Å². The molecule has 3 rings (SSSR count). The molecule has 0 aromatic carbocycles. The van der Waals surface area contributed by atoms with Gasteiger partial charge in [-0.15, -0.1) is 0 Å². The molecule has 10 nitrogen and oxygen atoms in total. The number of methoxy groups -OCH3 is 1. The molecule has 1 saturated carbocycles. The molecular formula is C28H42N2O8. The van der Waals surface area contributed by atoms with E-state index in [4.69, 9.17) is 23.7 Å². The summed E-state index contributed by atoms with van der Waals surface area (Å²) in [5, 5.41) is 2.78. The summed E-state index contributed by atoms with van der Waals surface area (Å²) in [7, 11) is 1.42. The van der Waals surface area contributed by atoms with Crippen LogP contribution in [0.2, 0.25) is 0 Å². The molecule has 2 aliphatic rings. The smallest absolute Gasteiger partial charge is 0.329 e. The summed E-state index contributed by atoms with van der Waals surface area (Å²) in [4.78, 5) is 41.8. The first kappa shape index (κ1) is 29.7. The molecule has 4 unspecified atom stereocenters. The van der Waals surface area contributed by atoms with E-state index < -0.39 is 36.8 Å². The number of aromatic nitrogens is 1. The Morgan fingerprint density at radius 1 is 1.16 bits per heavy atom.